The summed E-state index contributed by atoms with van der Waals surface area (Å²) in [6, 6.07) is 4.67. The number of nitrogens with one attached hydrogen (secondary N) is 1. The van der Waals surface area contributed by atoms with Crippen molar-refractivity contribution < 1.29 is 22.7 Å². The summed E-state index contributed by atoms with van der Waals surface area (Å²) >= 11 is 0.947. The summed E-state index contributed by atoms with van der Waals surface area (Å²) < 4.78 is 51.1. The van der Waals surface area contributed by atoms with Crippen molar-refractivity contribution in [3.63, 3.8) is 0 Å². The Morgan fingerprint density at radius 3 is 2.70 bits per heavy atom. The van der Waals surface area contributed by atoms with Crippen LogP contribution in [0.2, 0.25) is 0 Å². The summed E-state index contributed by atoms with van der Waals surface area (Å²) in [5.41, 5.74) is 1.19. The van der Waals surface area contributed by atoms with Gasteiger partial charge in [-0.1, -0.05) is 19.9 Å². The molecular formula is C20H20F3N7O2S. The Hall–Kier alpha value is -3.19. The van der Waals surface area contributed by atoms with Crippen molar-refractivity contribution in [2.75, 3.05) is 24.5 Å². The van der Waals surface area contributed by atoms with Gasteiger partial charge in [-0.05, 0) is 18.1 Å². The van der Waals surface area contributed by atoms with E-state index >= 15 is 0 Å². The van der Waals surface area contributed by atoms with Crippen LogP contribution in [0.5, 0.6) is 5.75 Å². The molecule has 1 fully saturated rings. The van der Waals surface area contributed by atoms with E-state index in [1.165, 1.54) is 24.5 Å². The smallest absolute Gasteiger partial charge is 0.419 e. The molecule has 0 saturated carbocycles. The number of esters is 1. The van der Waals surface area contributed by atoms with Gasteiger partial charge in [-0.3, -0.25) is 0 Å². The van der Waals surface area contributed by atoms with Crippen molar-refractivity contribution in [3.05, 3.63) is 30.6 Å². The van der Waals surface area contributed by atoms with E-state index in [0.29, 0.717) is 36.2 Å². The average Bonchev–Trinajstić information content (AvgIpc) is 3.34. The molecule has 9 nitrogen and oxygen atoms in total. The number of halogens is 3. The predicted octanol–water partition coefficient (Wildman–Crippen LogP) is 2.96. The molecule has 2 aromatic heterocycles. The Kier molecular flexibility index (Phi) is 6.51. The van der Waals surface area contributed by atoms with Gasteiger partial charge in [-0.2, -0.15) is 21.9 Å². The minimum atomic E-state index is -5.15. The van der Waals surface area contributed by atoms with Crippen molar-refractivity contribution >= 4 is 23.6 Å². The molecule has 33 heavy (non-hydrogen) atoms. The number of alkyl halides is 3. The van der Waals surface area contributed by atoms with E-state index in [-0.39, 0.29) is 23.0 Å². The van der Waals surface area contributed by atoms with E-state index in [9.17, 15) is 18.0 Å². The predicted molar refractivity (Wildman–Crippen MR) is 115 cm³/mol. The Bertz CT molecular complexity index is 1110. The van der Waals surface area contributed by atoms with Crippen LogP contribution in [0.3, 0.4) is 0 Å². The zero-order valence-corrected chi connectivity index (χ0v) is 18.5. The molecule has 1 aromatic carbocycles. The third-order valence-electron chi connectivity index (χ3n) is 5.19. The zero-order chi connectivity index (χ0) is 23.6. The Morgan fingerprint density at radius 1 is 1.24 bits per heavy atom. The maximum atomic E-state index is 12.8. The fourth-order valence-corrected chi connectivity index (χ4v) is 3.81. The van der Waals surface area contributed by atoms with E-state index < -0.39 is 12.1 Å². The normalized spacial score (nSPS) is 16.8. The molecule has 13 heteroatoms. The van der Waals surface area contributed by atoms with Crippen LogP contribution in [-0.2, 0) is 4.79 Å². The van der Waals surface area contributed by atoms with Gasteiger partial charge in [0, 0.05) is 36.8 Å². The SMILES string of the molecule is CC(C)[C@H]1CN(c2ncc(-c3ccc(-c4cnsn4)cc3OC(=O)C(F)(F)F)nn2)CCN1. The number of benzene rings is 1. The highest BCUT2D eigenvalue weighted by molar-refractivity contribution is 6.99. The Balaban J connectivity index is 1.64. The van der Waals surface area contributed by atoms with Gasteiger partial charge in [0.15, 0.2) is 0 Å². The van der Waals surface area contributed by atoms with Gasteiger partial charge in [-0.25, -0.2) is 9.78 Å². The molecule has 1 atom stereocenters. The summed E-state index contributed by atoms with van der Waals surface area (Å²) in [5.74, 6) is -1.81. The quantitative estimate of drug-likeness (QED) is 0.437. The zero-order valence-electron chi connectivity index (χ0n) is 17.7. The number of carbonyl (C=O) groups is 1. The van der Waals surface area contributed by atoms with Crippen LogP contribution in [-0.4, -0.2) is 61.8 Å². The first-order valence-corrected chi connectivity index (χ1v) is 10.8. The highest BCUT2D eigenvalue weighted by Crippen LogP contribution is 2.34. The number of rotatable bonds is 5. The summed E-state index contributed by atoms with van der Waals surface area (Å²) in [4.78, 5) is 17.9. The molecule has 0 radical (unpaired) electrons. The second kappa shape index (κ2) is 9.35. The monoisotopic (exact) mass is 479 g/mol. The van der Waals surface area contributed by atoms with Crippen molar-refractivity contribution in [2.45, 2.75) is 26.1 Å². The molecule has 1 N–H and O–H groups in total. The van der Waals surface area contributed by atoms with Crippen LogP contribution in [0.1, 0.15) is 13.8 Å². The van der Waals surface area contributed by atoms with Gasteiger partial charge in [0.1, 0.15) is 17.1 Å². The third kappa shape index (κ3) is 5.25. The highest BCUT2D eigenvalue weighted by atomic mass is 32.1. The number of hydrogen-bond donors (Lipinski definition) is 1. The fourth-order valence-electron chi connectivity index (χ4n) is 3.37. The highest BCUT2D eigenvalue weighted by Gasteiger charge is 2.42. The molecule has 4 rings (SSSR count). The molecule has 0 unspecified atom stereocenters. The van der Waals surface area contributed by atoms with E-state index in [1.54, 1.807) is 6.07 Å². The number of piperazine rings is 1. The summed E-state index contributed by atoms with van der Waals surface area (Å²) in [6.45, 7) is 6.44. The van der Waals surface area contributed by atoms with Crippen LogP contribution in [0.25, 0.3) is 22.5 Å². The molecule has 0 aliphatic carbocycles. The summed E-state index contributed by atoms with van der Waals surface area (Å²) in [6.07, 6.45) is -2.29. The van der Waals surface area contributed by atoms with E-state index in [4.69, 9.17) is 0 Å². The minimum Gasteiger partial charge on any atom is -0.419 e. The Morgan fingerprint density at radius 2 is 2.06 bits per heavy atom. The molecular weight excluding hydrogens is 459 g/mol. The van der Waals surface area contributed by atoms with Gasteiger partial charge in [0.25, 0.3) is 0 Å². The van der Waals surface area contributed by atoms with Crippen molar-refractivity contribution in [1.82, 2.24) is 29.2 Å². The molecule has 0 spiro atoms. The van der Waals surface area contributed by atoms with Crippen molar-refractivity contribution in [3.8, 4) is 28.3 Å². The lowest BCUT2D eigenvalue weighted by molar-refractivity contribution is -0.189. The first-order chi connectivity index (χ1) is 15.7. The van der Waals surface area contributed by atoms with Crippen LogP contribution in [0, 0.1) is 5.92 Å². The van der Waals surface area contributed by atoms with Gasteiger partial charge in [-0.15, -0.1) is 10.2 Å². The number of nitrogens with zero attached hydrogens (tertiary/aromatic N) is 6. The maximum Gasteiger partial charge on any atom is 0.491 e. The van der Waals surface area contributed by atoms with Crippen molar-refractivity contribution in [1.29, 1.82) is 0 Å². The molecule has 1 saturated heterocycles. The van der Waals surface area contributed by atoms with Gasteiger partial charge in [0.2, 0.25) is 5.95 Å². The van der Waals surface area contributed by atoms with Crippen LogP contribution < -0.4 is 15.0 Å². The van der Waals surface area contributed by atoms with E-state index in [2.05, 4.69) is 47.8 Å². The number of carbonyl (C=O) groups excluding carboxylic acids is 1. The minimum absolute atomic E-state index is 0.145. The van der Waals surface area contributed by atoms with E-state index in [1.807, 2.05) is 4.90 Å². The van der Waals surface area contributed by atoms with Crippen LogP contribution >= 0.6 is 11.7 Å². The lowest BCUT2D eigenvalue weighted by Crippen LogP contribution is -2.53. The van der Waals surface area contributed by atoms with Gasteiger partial charge in [0.05, 0.1) is 24.1 Å². The van der Waals surface area contributed by atoms with Gasteiger partial charge < -0.3 is 15.0 Å². The lowest BCUT2D eigenvalue weighted by atomic mass is 10.0. The fraction of sp³-hybridized carbons (Fsp3) is 0.400. The number of aromatic nitrogens is 5. The molecule has 0 amide bonds. The molecule has 3 aromatic rings. The average molecular weight is 479 g/mol. The maximum absolute atomic E-state index is 12.8. The first-order valence-electron chi connectivity index (χ1n) is 10.1. The molecule has 174 valence electrons. The number of anilines is 1. The van der Waals surface area contributed by atoms with Gasteiger partial charge >= 0.3 is 12.1 Å². The second-order valence-corrected chi connectivity index (χ2v) is 8.34. The third-order valence-corrected chi connectivity index (χ3v) is 5.67. The van der Waals surface area contributed by atoms with Crippen LogP contribution in [0.15, 0.2) is 30.6 Å². The number of hydrogen-bond acceptors (Lipinski definition) is 10. The molecule has 1 aliphatic rings. The summed E-state index contributed by atoms with van der Waals surface area (Å²) in [5, 5.41) is 11.8. The first kappa shape index (κ1) is 23.0. The lowest BCUT2D eigenvalue weighted by Gasteiger charge is -2.35. The molecule has 1 aliphatic heterocycles. The largest absolute Gasteiger partial charge is 0.491 e. The van der Waals surface area contributed by atoms with E-state index in [0.717, 1.165) is 18.3 Å². The second-order valence-electron chi connectivity index (χ2n) is 7.78. The van der Waals surface area contributed by atoms with Crippen molar-refractivity contribution in [2.24, 2.45) is 5.92 Å². The summed E-state index contributed by atoms with van der Waals surface area (Å²) in [7, 11) is 0. The Labute approximate surface area is 191 Å². The molecule has 0 bridgehead atoms. The van der Waals surface area contributed by atoms with Crippen LogP contribution in [0.4, 0.5) is 19.1 Å². The number of ether oxygens (including phenoxy) is 1. The molecule has 3 heterocycles. The standard InChI is InChI=1S/C20H20F3N7O2S/c1-11(2)16-10-30(6-5-24-16)19-25-8-15(27-28-19)13-4-3-12(14-9-26-33-29-14)7-17(13)32-18(31)20(21,22)23/h3-4,7-9,11,16,24H,5-6,10H2,1-2H3/t16-/m1/s1. The topological polar surface area (TPSA) is 106 Å².